The van der Waals surface area contributed by atoms with E-state index in [2.05, 4.69) is 23.2 Å². The van der Waals surface area contributed by atoms with Crippen molar-refractivity contribution < 1.29 is 9.47 Å². The van der Waals surface area contributed by atoms with Crippen molar-refractivity contribution in [2.45, 2.75) is 19.4 Å². The molecule has 1 heterocycles. The highest BCUT2D eigenvalue weighted by atomic mass is 16.5. The molecular formula is C15H24N2O2. The minimum absolute atomic E-state index is 0.325. The van der Waals surface area contributed by atoms with E-state index in [0.29, 0.717) is 12.6 Å². The predicted molar refractivity (Wildman–Crippen MR) is 77.0 cm³/mol. The molecule has 0 spiro atoms. The van der Waals surface area contributed by atoms with Gasteiger partial charge in [0.05, 0.1) is 6.04 Å². The van der Waals surface area contributed by atoms with Crippen molar-refractivity contribution in [3.05, 3.63) is 23.8 Å². The van der Waals surface area contributed by atoms with E-state index < -0.39 is 0 Å². The number of fused-ring (bicyclic) bond motifs is 1. The molecule has 1 aliphatic heterocycles. The average molecular weight is 264 g/mol. The molecular weight excluding hydrogens is 240 g/mol. The van der Waals surface area contributed by atoms with Crippen LogP contribution < -0.4 is 14.8 Å². The second-order valence-electron chi connectivity index (χ2n) is 5.17. The summed E-state index contributed by atoms with van der Waals surface area (Å²) in [6.07, 6.45) is 1.14. The lowest BCUT2D eigenvalue weighted by Gasteiger charge is -2.12. The van der Waals surface area contributed by atoms with Gasteiger partial charge in [0, 0.05) is 18.2 Å². The Hall–Kier alpha value is -1.26. The highest BCUT2D eigenvalue weighted by Crippen LogP contribution is 2.35. The molecule has 1 aliphatic rings. The summed E-state index contributed by atoms with van der Waals surface area (Å²) >= 11 is 0. The summed E-state index contributed by atoms with van der Waals surface area (Å²) in [5.74, 6) is 1.84. The van der Waals surface area contributed by atoms with E-state index in [1.54, 1.807) is 0 Å². The minimum atomic E-state index is 0.325. The van der Waals surface area contributed by atoms with Crippen molar-refractivity contribution in [3.8, 4) is 11.5 Å². The molecule has 4 nitrogen and oxygen atoms in total. The van der Waals surface area contributed by atoms with Crippen molar-refractivity contribution in [1.82, 2.24) is 10.2 Å². The Balaban J connectivity index is 1.93. The van der Waals surface area contributed by atoms with Crippen LogP contribution >= 0.6 is 0 Å². The Labute approximate surface area is 115 Å². The highest BCUT2D eigenvalue weighted by molar-refractivity contribution is 5.45. The number of hydrogen-bond acceptors (Lipinski definition) is 4. The summed E-state index contributed by atoms with van der Waals surface area (Å²) < 4.78 is 11.4. The zero-order valence-electron chi connectivity index (χ0n) is 12.1. The highest BCUT2D eigenvalue weighted by Gasteiger charge is 2.23. The van der Waals surface area contributed by atoms with Crippen LogP contribution in [0.4, 0.5) is 0 Å². The van der Waals surface area contributed by atoms with Crippen LogP contribution in [0.3, 0.4) is 0 Å². The third kappa shape index (κ3) is 3.85. The molecule has 1 N–H and O–H groups in total. The van der Waals surface area contributed by atoms with E-state index in [4.69, 9.17) is 9.47 Å². The molecule has 1 aromatic carbocycles. The van der Waals surface area contributed by atoms with Crippen LogP contribution in [0.5, 0.6) is 11.5 Å². The van der Waals surface area contributed by atoms with Gasteiger partial charge in [0.1, 0.15) is 24.7 Å². The number of benzene rings is 1. The number of hydrogen-bond donors (Lipinski definition) is 1. The molecule has 0 bridgehead atoms. The summed E-state index contributed by atoms with van der Waals surface area (Å²) in [5, 5.41) is 3.49. The van der Waals surface area contributed by atoms with Gasteiger partial charge >= 0.3 is 0 Å². The lowest BCUT2D eigenvalue weighted by atomic mass is 10.1. The van der Waals surface area contributed by atoms with Crippen LogP contribution in [0.1, 0.15) is 24.9 Å². The van der Waals surface area contributed by atoms with Crippen LogP contribution in [0.15, 0.2) is 18.2 Å². The number of likely N-dealkylation sites (N-methyl/N-ethyl adjacent to an activating group) is 1. The molecule has 0 fully saturated rings. The van der Waals surface area contributed by atoms with Gasteiger partial charge in [0.2, 0.25) is 0 Å². The van der Waals surface area contributed by atoms with Crippen molar-refractivity contribution in [1.29, 1.82) is 0 Å². The molecule has 0 amide bonds. The standard InChI is InChI=1S/C15H24N2O2/c1-4-7-16-14-11-19-15-10-12(5-6-13(14)15)18-9-8-17(2)3/h5-6,10,14,16H,4,7-9,11H2,1-3H3. The van der Waals surface area contributed by atoms with Crippen LogP contribution in [-0.4, -0.2) is 45.3 Å². The second-order valence-corrected chi connectivity index (χ2v) is 5.17. The number of nitrogens with zero attached hydrogens (tertiary/aromatic N) is 1. The Bertz CT molecular complexity index is 407. The maximum atomic E-state index is 5.72. The Morgan fingerprint density at radius 3 is 3.00 bits per heavy atom. The molecule has 106 valence electrons. The second kappa shape index (κ2) is 6.78. The molecule has 0 aromatic heterocycles. The molecule has 19 heavy (non-hydrogen) atoms. The lowest BCUT2D eigenvalue weighted by Crippen LogP contribution is -2.23. The number of nitrogens with one attached hydrogen (secondary N) is 1. The van der Waals surface area contributed by atoms with Crippen LogP contribution in [0.25, 0.3) is 0 Å². The molecule has 0 aliphatic carbocycles. The van der Waals surface area contributed by atoms with Crippen molar-refractivity contribution in [2.24, 2.45) is 0 Å². The Morgan fingerprint density at radius 1 is 1.42 bits per heavy atom. The topological polar surface area (TPSA) is 33.7 Å². The van der Waals surface area contributed by atoms with Gasteiger partial charge in [-0.05, 0) is 39.2 Å². The first kappa shape index (κ1) is 14.2. The molecule has 1 unspecified atom stereocenters. The Kier molecular flexibility index (Phi) is 5.05. The van der Waals surface area contributed by atoms with Crippen molar-refractivity contribution >= 4 is 0 Å². The van der Waals surface area contributed by atoms with E-state index in [1.807, 2.05) is 26.2 Å². The summed E-state index contributed by atoms with van der Waals surface area (Å²) in [4.78, 5) is 2.11. The molecule has 1 aromatic rings. The third-order valence-corrected chi connectivity index (χ3v) is 3.21. The molecule has 0 radical (unpaired) electrons. The summed E-state index contributed by atoms with van der Waals surface area (Å²) in [6, 6.07) is 6.47. The van der Waals surface area contributed by atoms with E-state index >= 15 is 0 Å². The summed E-state index contributed by atoms with van der Waals surface area (Å²) in [6.45, 7) is 5.53. The first-order valence-corrected chi connectivity index (χ1v) is 6.98. The third-order valence-electron chi connectivity index (χ3n) is 3.21. The normalized spacial score (nSPS) is 17.4. The van der Waals surface area contributed by atoms with Gasteiger partial charge in [-0.3, -0.25) is 0 Å². The van der Waals surface area contributed by atoms with Gasteiger partial charge in [0.15, 0.2) is 0 Å². The SMILES string of the molecule is CCCNC1COc2cc(OCCN(C)C)ccc21. The van der Waals surface area contributed by atoms with E-state index in [-0.39, 0.29) is 0 Å². The summed E-state index contributed by atoms with van der Waals surface area (Å²) in [7, 11) is 4.08. The van der Waals surface area contributed by atoms with Gasteiger partial charge in [0.25, 0.3) is 0 Å². The molecule has 2 rings (SSSR count). The van der Waals surface area contributed by atoms with Crippen LogP contribution in [0.2, 0.25) is 0 Å². The molecule has 0 saturated heterocycles. The quantitative estimate of drug-likeness (QED) is 0.817. The molecule has 0 saturated carbocycles. The van der Waals surface area contributed by atoms with Crippen molar-refractivity contribution in [3.63, 3.8) is 0 Å². The molecule has 4 heteroatoms. The van der Waals surface area contributed by atoms with Gasteiger partial charge < -0.3 is 19.7 Å². The van der Waals surface area contributed by atoms with Crippen LogP contribution in [-0.2, 0) is 0 Å². The van der Waals surface area contributed by atoms with Gasteiger partial charge in [-0.25, -0.2) is 0 Å². The van der Waals surface area contributed by atoms with Gasteiger partial charge in [-0.15, -0.1) is 0 Å². The number of rotatable bonds is 7. The average Bonchev–Trinajstić information content (AvgIpc) is 2.78. The van der Waals surface area contributed by atoms with Gasteiger partial charge in [-0.2, -0.15) is 0 Å². The van der Waals surface area contributed by atoms with E-state index in [0.717, 1.165) is 37.6 Å². The lowest BCUT2D eigenvalue weighted by molar-refractivity contribution is 0.260. The van der Waals surface area contributed by atoms with E-state index in [9.17, 15) is 0 Å². The minimum Gasteiger partial charge on any atom is -0.492 e. The zero-order chi connectivity index (χ0) is 13.7. The van der Waals surface area contributed by atoms with Gasteiger partial charge in [-0.1, -0.05) is 6.92 Å². The predicted octanol–water partition coefficient (Wildman–Crippen LogP) is 2.06. The van der Waals surface area contributed by atoms with Crippen molar-refractivity contribution in [2.75, 3.05) is 40.4 Å². The molecule has 1 atom stereocenters. The number of ether oxygens (including phenoxy) is 2. The smallest absolute Gasteiger partial charge is 0.127 e. The zero-order valence-corrected chi connectivity index (χ0v) is 12.1. The maximum Gasteiger partial charge on any atom is 0.127 e. The first-order valence-electron chi connectivity index (χ1n) is 6.98. The van der Waals surface area contributed by atoms with Crippen LogP contribution in [0, 0.1) is 0 Å². The fourth-order valence-corrected chi connectivity index (χ4v) is 2.11. The summed E-state index contributed by atoms with van der Waals surface area (Å²) in [5.41, 5.74) is 1.24. The van der Waals surface area contributed by atoms with E-state index in [1.165, 1.54) is 5.56 Å². The Morgan fingerprint density at radius 2 is 2.26 bits per heavy atom. The maximum absolute atomic E-state index is 5.72. The fourth-order valence-electron chi connectivity index (χ4n) is 2.11. The monoisotopic (exact) mass is 264 g/mol. The fraction of sp³-hybridized carbons (Fsp3) is 0.600. The largest absolute Gasteiger partial charge is 0.492 e. The first-order chi connectivity index (χ1) is 9.20.